The summed E-state index contributed by atoms with van der Waals surface area (Å²) in [6, 6.07) is 0.709. The van der Waals surface area contributed by atoms with Gasteiger partial charge in [-0.25, -0.2) is 0 Å². The first-order valence-electron chi connectivity index (χ1n) is 8.35. The smallest absolute Gasteiger partial charge is 0.248 e. The fraction of sp³-hybridized carbons (Fsp3) is 0.938. The number of carbonyl (C=O) groups excluding carboxylic acids is 1. The Morgan fingerprint density at radius 1 is 1.15 bits per heavy atom. The molecule has 0 aliphatic carbocycles. The van der Waals surface area contributed by atoms with E-state index in [4.69, 9.17) is 4.74 Å². The molecule has 2 unspecified atom stereocenters. The minimum Gasteiger partial charge on any atom is -0.371 e. The molecule has 20 heavy (non-hydrogen) atoms. The SMILES string of the molecule is CCN(CC)C(=O)COCC1CCCN2CCCCC12. The molecule has 4 heteroatoms. The molecule has 0 spiro atoms. The molecular formula is C16H30N2O2. The normalized spacial score (nSPS) is 27.1. The predicted molar refractivity (Wildman–Crippen MR) is 80.7 cm³/mol. The number of likely N-dealkylation sites (N-methyl/N-ethyl adjacent to an activating group) is 1. The maximum absolute atomic E-state index is 11.9. The van der Waals surface area contributed by atoms with Gasteiger partial charge in [0.05, 0.1) is 6.61 Å². The topological polar surface area (TPSA) is 32.8 Å². The average molecular weight is 282 g/mol. The van der Waals surface area contributed by atoms with Crippen molar-refractivity contribution in [2.24, 2.45) is 5.92 Å². The first kappa shape index (κ1) is 15.8. The fourth-order valence-corrected chi connectivity index (χ4v) is 3.74. The van der Waals surface area contributed by atoms with E-state index in [0.29, 0.717) is 12.0 Å². The first-order chi connectivity index (χ1) is 9.76. The van der Waals surface area contributed by atoms with Crippen LogP contribution in [0.5, 0.6) is 0 Å². The Morgan fingerprint density at radius 3 is 2.65 bits per heavy atom. The van der Waals surface area contributed by atoms with Crippen LogP contribution in [0.15, 0.2) is 0 Å². The van der Waals surface area contributed by atoms with Crippen molar-refractivity contribution in [3.8, 4) is 0 Å². The molecule has 116 valence electrons. The summed E-state index contributed by atoms with van der Waals surface area (Å²) >= 11 is 0. The van der Waals surface area contributed by atoms with Gasteiger partial charge in [0, 0.05) is 19.1 Å². The molecular weight excluding hydrogens is 252 g/mol. The Balaban J connectivity index is 1.74. The van der Waals surface area contributed by atoms with Crippen molar-refractivity contribution < 1.29 is 9.53 Å². The number of fused-ring (bicyclic) bond motifs is 1. The molecule has 0 bridgehead atoms. The number of piperidine rings is 2. The minimum absolute atomic E-state index is 0.131. The summed E-state index contributed by atoms with van der Waals surface area (Å²) in [5, 5.41) is 0. The maximum Gasteiger partial charge on any atom is 0.248 e. The highest BCUT2D eigenvalue weighted by atomic mass is 16.5. The summed E-state index contributed by atoms with van der Waals surface area (Å²) < 4.78 is 5.75. The van der Waals surface area contributed by atoms with Crippen LogP contribution in [0.1, 0.15) is 46.0 Å². The quantitative estimate of drug-likeness (QED) is 0.748. The van der Waals surface area contributed by atoms with Crippen LogP contribution in [0.25, 0.3) is 0 Å². The van der Waals surface area contributed by atoms with Crippen LogP contribution in [0.3, 0.4) is 0 Å². The fourth-order valence-electron chi connectivity index (χ4n) is 3.74. The van der Waals surface area contributed by atoms with Gasteiger partial charge in [0.2, 0.25) is 5.91 Å². The van der Waals surface area contributed by atoms with Crippen molar-refractivity contribution in [1.29, 1.82) is 0 Å². The average Bonchev–Trinajstić information content (AvgIpc) is 2.49. The lowest BCUT2D eigenvalue weighted by atomic mass is 9.84. The van der Waals surface area contributed by atoms with Crippen LogP contribution in [0.4, 0.5) is 0 Å². The van der Waals surface area contributed by atoms with E-state index < -0.39 is 0 Å². The van der Waals surface area contributed by atoms with Gasteiger partial charge in [-0.2, -0.15) is 0 Å². The van der Waals surface area contributed by atoms with Crippen LogP contribution < -0.4 is 0 Å². The molecule has 2 aliphatic rings. The van der Waals surface area contributed by atoms with Crippen molar-refractivity contribution in [3.05, 3.63) is 0 Å². The van der Waals surface area contributed by atoms with E-state index in [1.807, 2.05) is 18.7 Å². The van der Waals surface area contributed by atoms with Crippen LogP contribution in [-0.2, 0) is 9.53 Å². The monoisotopic (exact) mass is 282 g/mol. The summed E-state index contributed by atoms with van der Waals surface area (Å²) in [6.45, 7) is 9.13. The first-order valence-corrected chi connectivity index (χ1v) is 8.35. The summed E-state index contributed by atoms with van der Waals surface area (Å²) in [7, 11) is 0. The second-order valence-electron chi connectivity index (χ2n) is 6.08. The van der Waals surface area contributed by atoms with Crippen LogP contribution in [0, 0.1) is 5.92 Å². The number of hydrogen-bond donors (Lipinski definition) is 0. The van der Waals surface area contributed by atoms with Gasteiger partial charge in [-0.05, 0) is 58.5 Å². The van der Waals surface area contributed by atoms with Gasteiger partial charge in [0.1, 0.15) is 6.61 Å². The second-order valence-corrected chi connectivity index (χ2v) is 6.08. The lowest BCUT2D eigenvalue weighted by Crippen LogP contribution is -2.49. The van der Waals surface area contributed by atoms with E-state index in [9.17, 15) is 4.79 Å². The van der Waals surface area contributed by atoms with Gasteiger partial charge in [-0.3, -0.25) is 4.79 Å². The van der Waals surface area contributed by atoms with E-state index in [1.165, 1.54) is 45.2 Å². The number of carbonyl (C=O) groups is 1. The Morgan fingerprint density at radius 2 is 1.90 bits per heavy atom. The summed E-state index contributed by atoms with van der Waals surface area (Å²) in [5.74, 6) is 0.764. The molecule has 2 fully saturated rings. The van der Waals surface area contributed by atoms with Crippen molar-refractivity contribution in [3.63, 3.8) is 0 Å². The third-order valence-electron chi connectivity index (χ3n) is 4.90. The Kier molecular flexibility index (Phi) is 6.30. The lowest BCUT2D eigenvalue weighted by Gasteiger charge is -2.44. The van der Waals surface area contributed by atoms with E-state index in [0.717, 1.165) is 19.7 Å². The molecule has 1 amide bonds. The molecule has 2 aliphatic heterocycles. The Labute approximate surface area is 123 Å². The van der Waals surface area contributed by atoms with E-state index in [2.05, 4.69) is 4.90 Å². The molecule has 0 aromatic carbocycles. The van der Waals surface area contributed by atoms with Crippen LogP contribution in [0.2, 0.25) is 0 Å². The second kappa shape index (κ2) is 7.99. The highest BCUT2D eigenvalue weighted by molar-refractivity contribution is 5.77. The van der Waals surface area contributed by atoms with E-state index in [1.54, 1.807) is 0 Å². The molecule has 0 saturated carbocycles. The molecule has 2 rings (SSSR count). The molecule has 0 radical (unpaired) electrons. The zero-order chi connectivity index (χ0) is 14.4. The number of rotatable bonds is 6. The highest BCUT2D eigenvalue weighted by Gasteiger charge is 2.33. The lowest BCUT2D eigenvalue weighted by molar-refractivity contribution is -0.136. The van der Waals surface area contributed by atoms with Gasteiger partial charge in [-0.1, -0.05) is 6.42 Å². The van der Waals surface area contributed by atoms with Crippen LogP contribution >= 0.6 is 0 Å². The molecule has 0 aromatic heterocycles. The summed E-state index contributed by atoms with van der Waals surface area (Å²) in [6.07, 6.45) is 6.58. The van der Waals surface area contributed by atoms with Crippen LogP contribution in [-0.4, -0.2) is 61.1 Å². The molecule has 2 atom stereocenters. The highest BCUT2D eigenvalue weighted by Crippen LogP contribution is 2.30. The largest absolute Gasteiger partial charge is 0.371 e. The van der Waals surface area contributed by atoms with Gasteiger partial charge in [0.15, 0.2) is 0 Å². The maximum atomic E-state index is 11.9. The Bertz CT molecular complexity index is 303. The third kappa shape index (κ3) is 3.95. The molecule has 2 heterocycles. The van der Waals surface area contributed by atoms with Crippen molar-refractivity contribution >= 4 is 5.91 Å². The minimum atomic E-state index is 0.131. The van der Waals surface area contributed by atoms with Gasteiger partial charge >= 0.3 is 0 Å². The number of nitrogens with zero attached hydrogens (tertiary/aromatic N) is 2. The van der Waals surface area contributed by atoms with Gasteiger partial charge < -0.3 is 14.5 Å². The van der Waals surface area contributed by atoms with Gasteiger partial charge in [-0.15, -0.1) is 0 Å². The zero-order valence-corrected chi connectivity index (χ0v) is 13.1. The Hall–Kier alpha value is -0.610. The predicted octanol–water partition coefficient (Wildman–Crippen LogP) is 2.14. The third-order valence-corrected chi connectivity index (χ3v) is 4.90. The number of hydrogen-bond acceptors (Lipinski definition) is 3. The molecule has 0 aromatic rings. The van der Waals surface area contributed by atoms with Crippen molar-refractivity contribution in [2.75, 3.05) is 39.4 Å². The van der Waals surface area contributed by atoms with E-state index >= 15 is 0 Å². The van der Waals surface area contributed by atoms with Crippen molar-refractivity contribution in [2.45, 2.75) is 52.0 Å². The van der Waals surface area contributed by atoms with Crippen molar-refractivity contribution in [1.82, 2.24) is 9.80 Å². The number of amides is 1. The number of ether oxygens (including phenoxy) is 1. The van der Waals surface area contributed by atoms with Gasteiger partial charge in [0.25, 0.3) is 0 Å². The zero-order valence-electron chi connectivity index (χ0n) is 13.1. The molecule has 2 saturated heterocycles. The summed E-state index contributed by atoms with van der Waals surface area (Å²) in [4.78, 5) is 16.4. The molecule has 4 nitrogen and oxygen atoms in total. The summed E-state index contributed by atoms with van der Waals surface area (Å²) in [5.41, 5.74) is 0. The standard InChI is InChI=1S/C16H30N2O2/c1-3-17(4-2)16(19)13-20-12-14-8-7-11-18-10-6-5-9-15(14)18/h14-15H,3-13H2,1-2H3. The molecule has 0 N–H and O–H groups in total. The van der Waals surface area contributed by atoms with E-state index in [-0.39, 0.29) is 12.5 Å².